The van der Waals surface area contributed by atoms with Crippen LogP contribution < -0.4 is 4.74 Å². The van der Waals surface area contributed by atoms with Crippen LogP contribution in [0, 0.1) is 0 Å². The lowest BCUT2D eigenvalue weighted by molar-refractivity contribution is 0.103. The van der Waals surface area contributed by atoms with Gasteiger partial charge < -0.3 is 4.74 Å². The van der Waals surface area contributed by atoms with E-state index in [0.29, 0.717) is 36.3 Å². The largest absolute Gasteiger partial charge is 0.494 e. The smallest absolute Gasteiger partial charge is 0.264 e. The van der Waals surface area contributed by atoms with Gasteiger partial charge in [-0.1, -0.05) is 30.3 Å². The van der Waals surface area contributed by atoms with Gasteiger partial charge in [0.15, 0.2) is 5.78 Å². The molecule has 0 fully saturated rings. The molecule has 0 aliphatic carbocycles. The van der Waals surface area contributed by atoms with E-state index in [4.69, 9.17) is 9.29 Å². The molecular formula is C17H18O5S. The number of ketones is 1. The molecule has 0 unspecified atom stereocenters. The number of rotatable bonds is 8. The molecule has 2 rings (SSSR count). The van der Waals surface area contributed by atoms with E-state index < -0.39 is 10.1 Å². The first-order valence-corrected chi connectivity index (χ1v) is 8.84. The van der Waals surface area contributed by atoms with Gasteiger partial charge in [0.25, 0.3) is 10.1 Å². The van der Waals surface area contributed by atoms with Crippen LogP contribution in [0.4, 0.5) is 0 Å². The van der Waals surface area contributed by atoms with E-state index in [0.717, 1.165) is 0 Å². The third kappa shape index (κ3) is 5.84. The first-order chi connectivity index (χ1) is 11.0. The zero-order chi connectivity index (χ0) is 16.7. The van der Waals surface area contributed by atoms with E-state index in [1.807, 2.05) is 18.2 Å². The van der Waals surface area contributed by atoms with Gasteiger partial charge >= 0.3 is 0 Å². The molecule has 6 heteroatoms. The predicted molar refractivity (Wildman–Crippen MR) is 87.5 cm³/mol. The van der Waals surface area contributed by atoms with E-state index in [-0.39, 0.29) is 11.5 Å². The fourth-order valence-corrected chi connectivity index (χ4v) is 2.60. The Hall–Kier alpha value is -2.18. The van der Waals surface area contributed by atoms with Crippen molar-refractivity contribution in [3.8, 4) is 5.75 Å². The number of benzene rings is 2. The van der Waals surface area contributed by atoms with Crippen molar-refractivity contribution < 1.29 is 22.5 Å². The minimum Gasteiger partial charge on any atom is -0.494 e. The van der Waals surface area contributed by atoms with Gasteiger partial charge in [-0.05, 0) is 37.1 Å². The fourth-order valence-electron chi connectivity index (χ4n) is 2.04. The lowest BCUT2D eigenvalue weighted by Crippen LogP contribution is -2.06. The second kappa shape index (κ2) is 7.89. The van der Waals surface area contributed by atoms with Crippen LogP contribution in [0.15, 0.2) is 54.6 Å². The summed E-state index contributed by atoms with van der Waals surface area (Å²) in [6, 6.07) is 15.8. The molecule has 0 radical (unpaired) electrons. The summed E-state index contributed by atoms with van der Waals surface area (Å²) in [5.74, 6) is 0.299. The second-order valence-electron chi connectivity index (χ2n) is 5.06. The number of ether oxygens (including phenoxy) is 1. The first-order valence-electron chi connectivity index (χ1n) is 7.23. The summed E-state index contributed by atoms with van der Waals surface area (Å²) >= 11 is 0. The summed E-state index contributed by atoms with van der Waals surface area (Å²) in [6.45, 7) is 0.349. The Morgan fingerprint density at radius 1 is 0.913 bits per heavy atom. The molecule has 0 spiro atoms. The van der Waals surface area contributed by atoms with Crippen molar-refractivity contribution in [2.75, 3.05) is 12.4 Å². The number of hydrogen-bond acceptors (Lipinski definition) is 4. The van der Waals surface area contributed by atoms with Gasteiger partial charge in [-0.25, -0.2) is 0 Å². The van der Waals surface area contributed by atoms with Crippen LogP contribution in [-0.4, -0.2) is 31.1 Å². The highest BCUT2D eigenvalue weighted by molar-refractivity contribution is 7.85. The molecule has 0 saturated heterocycles. The molecule has 0 aliphatic heterocycles. The van der Waals surface area contributed by atoms with Crippen molar-refractivity contribution >= 4 is 15.9 Å². The van der Waals surface area contributed by atoms with Gasteiger partial charge in [-0.15, -0.1) is 0 Å². The van der Waals surface area contributed by atoms with E-state index >= 15 is 0 Å². The molecule has 1 N–H and O–H groups in total. The van der Waals surface area contributed by atoms with Crippen molar-refractivity contribution in [2.24, 2.45) is 0 Å². The highest BCUT2D eigenvalue weighted by Crippen LogP contribution is 2.15. The number of unbranched alkanes of at least 4 members (excludes halogenated alkanes) is 1. The van der Waals surface area contributed by atoms with Crippen LogP contribution in [0.2, 0.25) is 0 Å². The van der Waals surface area contributed by atoms with Gasteiger partial charge in [0, 0.05) is 11.1 Å². The third-order valence-corrected chi connectivity index (χ3v) is 4.02. The van der Waals surface area contributed by atoms with Crippen molar-refractivity contribution in [1.29, 1.82) is 0 Å². The molecule has 2 aromatic rings. The first kappa shape index (κ1) is 17.2. The van der Waals surface area contributed by atoms with E-state index in [2.05, 4.69) is 0 Å². The SMILES string of the molecule is O=C(c1ccccc1)c1ccc(OCCCCS(=O)(=O)O)cc1. The molecule has 0 bridgehead atoms. The zero-order valence-electron chi connectivity index (χ0n) is 12.5. The van der Waals surface area contributed by atoms with Crippen molar-refractivity contribution in [2.45, 2.75) is 12.8 Å². The van der Waals surface area contributed by atoms with E-state index in [1.54, 1.807) is 36.4 Å². The maximum atomic E-state index is 12.2. The topological polar surface area (TPSA) is 80.7 Å². The van der Waals surface area contributed by atoms with Crippen molar-refractivity contribution in [3.63, 3.8) is 0 Å². The number of carbonyl (C=O) groups is 1. The van der Waals surface area contributed by atoms with Gasteiger partial charge in [0.05, 0.1) is 12.4 Å². The van der Waals surface area contributed by atoms with Gasteiger partial charge in [-0.3, -0.25) is 9.35 Å². The van der Waals surface area contributed by atoms with Crippen molar-refractivity contribution in [1.82, 2.24) is 0 Å². The Morgan fingerprint density at radius 3 is 2.13 bits per heavy atom. The molecule has 0 amide bonds. The normalized spacial score (nSPS) is 11.2. The summed E-state index contributed by atoms with van der Waals surface area (Å²) in [7, 11) is -3.90. The highest BCUT2D eigenvalue weighted by Gasteiger charge is 2.08. The second-order valence-corrected chi connectivity index (χ2v) is 6.63. The molecule has 5 nitrogen and oxygen atoms in total. The summed E-state index contributed by atoms with van der Waals surface area (Å²) in [6.07, 6.45) is 0.855. The monoisotopic (exact) mass is 334 g/mol. The average molecular weight is 334 g/mol. The quantitative estimate of drug-likeness (QED) is 0.456. The molecule has 0 aliphatic rings. The van der Waals surface area contributed by atoms with Gasteiger partial charge in [-0.2, -0.15) is 8.42 Å². The summed E-state index contributed by atoms with van der Waals surface area (Å²) in [4.78, 5) is 12.2. The fraction of sp³-hybridized carbons (Fsp3) is 0.235. The number of hydrogen-bond donors (Lipinski definition) is 1. The van der Waals surface area contributed by atoms with Crippen LogP contribution in [-0.2, 0) is 10.1 Å². The summed E-state index contributed by atoms with van der Waals surface area (Å²) in [5, 5.41) is 0. The molecular weight excluding hydrogens is 316 g/mol. The summed E-state index contributed by atoms with van der Waals surface area (Å²) < 4.78 is 35.2. The minimum absolute atomic E-state index is 0.0506. The zero-order valence-corrected chi connectivity index (χ0v) is 13.3. The molecule has 0 heterocycles. The Bertz CT molecular complexity index is 736. The average Bonchev–Trinajstić information content (AvgIpc) is 2.54. The van der Waals surface area contributed by atoms with Gasteiger partial charge in [0.2, 0.25) is 0 Å². The molecule has 23 heavy (non-hydrogen) atoms. The Kier molecular flexibility index (Phi) is 5.90. The molecule has 122 valence electrons. The standard InChI is InChI=1S/C17H18O5S/c18-17(14-6-2-1-3-7-14)15-8-10-16(11-9-15)22-12-4-5-13-23(19,20)21/h1-3,6-11H,4-5,12-13H2,(H,19,20,21). The van der Waals surface area contributed by atoms with Crippen LogP contribution in [0.3, 0.4) is 0 Å². The Labute approximate surface area is 135 Å². The molecule has 2 aromatic carbocycles. The third-order valence-electron chi connectivity index (χ3n) is 3.22. The minimum atomic E-state index is -3.90. The van der Waals surface area contributed by atoms with Crippen LogP contribution in [0.1, 0.15) is 28.8 Å². The predicted octanol–water partition coefficient (Wildman–Crippen LogP) is 2.96. The van der Waals surface area contributed by atoms with Crippen LogP contribution in [0.5, 0.6) is 5.75 Å². The number of carbonyl (C=O) groups excluding carboxylic acids is 1. The Morgan fingerprint density at radius 2 is 1.52 bits per heavy atom. The maximum Gasteiger partial charge on any atom is 0.264 e. The van der Waals surface area contributed by atoms with Crippen LogP contribution >= 0.6 is 0 Å². The molecule has 0 atom stereocenters. The highest BCUT2D eigenvalue weighted by atomic mass is 32.2. The van der Waals surface area contributed by atoms with Crippen LogP contribution in [0.25, 0.3) is 0 Å². The molecule has 0 saturated carbocycles. The van der Waals surface area contributed by atoms with Crippen molar-refractivity contribution in [3.05, 3.63) is 65.7 Å². The van der Waals surface area contributed by atoms with E-state index in [9.17, 15) is 13.2 Å². The van der Waals surface area contributed by atoms with Gasteiger partial charge in [0.1, 0.15) is 5.75 Å². The lowest BCUT2D eigenvalue weighted by atomic mass is 10.0. The summed E-state index contributed by atoms with van der Waals surface area (Å²) in [5.41, 5.74) is 1.21. The Balaban J connectivity index is 1.84. The lowest BCUT2D eigenvalue weighted by Gasteiger charge is -2.07. The molecule has 0 aromatic heterocycles. The van der Waals surface area contributed by atoms with E-state index in [1.165, 1.54) is 0 Å². The maximum absolute atomic E-state index is 12.2.